The van der Waals surface area contributed by atoms with Crippen LogP contribution in [0.2, 0.25) is 5.02 Å². The summed E-state index contributed by atoms with van der Waals surface area (Å²) in [7, 11) is 0. The highest BCUT2D eigenvalue weighted by Crippen LogP contribution is 2.27. The third kappa shape index (κ3) is 6.07. The van der Waals surface area contributed by atoms with Crippen LogP contribution < -0.4 is 15.4 Å². The van der Waals surface area contributed by atoms with Gasteiger partial charge in [-0.1, -0.05) is 29.8 Å². The number of nitrogens with zero attached hydrogens (tertiary/aromatic N) is 2. The number of fused-ring (bicyclic) bond motifs is 1. The number of ether oxygens (including phenoxy) is 1. The first kappa shape index (κ1) is 25.7. The number of rotatable bonds is 6. The highest BCUT2D eigenvalue weighted by molar-refractivity contribution is 6.30. The van der Waals surface area contributed by atoms with Crippen LogP contribution in [0.15, 0.2) is 72.9 Å². The van der Waals surface area contributed by atoms with Gasteiger partial charge in [0.05, 0.1) is 5.52 Å². The minimum atomic E-state index is -0.176. The van der Waals surface area contributed by atoms with Crippen molar-refractivity contribution in [3.8, 4) is 11.6 Å². The van der Waals surface area contributed by atoms with Gasteiger partial charge >= 0.3 is 0 Å². The Bertz CT molecular complexity index is 1340. The normalized spacial score (nSPS) is 17.2. The van der Waals surface area contributed by atoms with Crippen molar-refractivity contribution >= 4 is 46.6 Å². The van der Waals surface area contributed by atoms with E-state index in [0.29, 0.717) is 22.4 Å². The fraction of sp³-hybridized carbons (Fsp3) is 0.250. The molecule has 2 N–H and O–H groups in total. The van der Waals surface area contributed by atoms with E-state index in [4.69, 9.17) is 21.3 Å². The Morgan fingerprint density at radius 3 is 2.47 bits per heavy atom. The number of halogens is 2. The molecule has 0 aliphatic heterocycles. The quantitative estimate of drug-likeness (QED) is 0.286. The topological polar surface area (TPSA) is 76.1 Å². The molecule has 0 atom stereocenters. The Hall–Kier alpha value is -3.35. The van der Waals surface area contributed by atoms with Crippen LogP contribution in [0.1, 0.15) is 41.6 Å². The average Bonchev–Trinajstić information content (AvgIpc) is 2.87. The molecule has 0 unspecified atom stereocenters. The molecule has 36 heavy (non-hydrogen) atoms. The Morgan fingerprint density at radius 2 is 1.69 bits per heavy atom. The van der Waals surface area contributed by atoms with Crippen molar-refractivity contribution in [2.75, 3.05) is 5.32 Å². The molecular formula is C28H28Cl2N4O2. The fourth-order valence-corrected chi connectivity index (χ4v) is 4.66. The van der Waals surface area contributed by atoms with Crippen LogP contribution in [0.5, 0.6) is 11.6 Å². The highest BCUT2D eigenvalue weighted by Gasteiger charge is 2.24. The molecule has 0 bridgehead atoms. The molecule has 0 saturated heterocycles. The van der Waals surface area contributed by atoms with E-state index in [1.54, 1.807) is 42.6 Å². The summed E-state index contributed by atoms with van der Waals surface area (Å²) in [6.45, 7) is 2.12. The van der Waals surface area contributed by atoms with Gasteiger partial charge in [-0.15, -0.1) is 12.4 Å². The van der Waals surface area contributed by atoms with Crippen LogP contribution in [0.3, 0.4) is 0 Å². The zero-order valence-electron chi connectivity index (χ0n) is 19.9. The zero-order chi connectivity index (χ0) is 24.2. The first-order chi connectivity index (χ1) is 17.0. The van der Waals surface area contributed by atoms with E-state index in [9.17, 15) is 4.79 Å². The van der Waals surface area contributed by atoms with Crippen molar-refractivity contribution in [1.29, 1.82) is 0 Å². The highest BCUT2D eigenvalue weighted by atomic mass is 35.5. The van der Waals surface area contributed by atoms with Gasteiger partial charge in [-0.2, -0.15) is 0 Å². The summed E-state index contributed by atoms with van der Waals surface area (Å²) >= 11 is 5.95. The smallest absolute Gasteiger partial charge is 0.257 e. The van der Waals surface area contributed by atoms with Crippen molar-refractivity contribution in [2.24, 2.45) is 0 Å². The number of aromatic nitrogens is 2. The summed E-state index contributed by atoms with van der Waals surface area (Å²) in [6.07, 6.45) is 5.31. The van der Waals surface area contributed by atoms with Crippen molar-refractivity contribution in [1.82, 2.24) is 15.3 Å². The Balaban J connectivity index is 0.00000304. The molecule has 2 heterocycles. The molecule has 6 nitrogen and oxygen atoms in total. The first-order valence-corrected chi connectivity index (χ1v) is 12.3. The SMILES string of the molecule is Cc1cc(N[C@H]2CC[C@@H](NC(=O)c3cccnc3Oc3ccc(Cl)cc3)CC2)nc2ccccc12.Cl. The number of benzene rings is 2. The standard InChI is InChI=1S/C28H27ClN4O2.ClH/c1-18-17-26(33-25-7-3-2-5-23(18)25)31-20-10-12-21(13-11-20)32-27(34)24-6-4-16-30-28(24)35-22-14-8-19(29)9-15-22;/h2-9,14-17,20-21H,10-13H2,1H3,(H,31,33)(H,32,34);1H/t20-,21+;. The minimum absolute atomic E-state index is 0. The summed E-state index contributed by atoms with van der Waals surface area (Å²) in [4.78, 5) is 22.1. The lowest BCUT2D eigenvalue weighted by Crippen LogP contribution is -2.40. The zero-order valence-corrected chi connectivity index (χ0v) is 21.5. The van der Waals surface area contributed by atoms with Crippen LogP contribution >= 0.6 is 24.0 Å². The molecule has 2 aromatic heterocycles. The summed E-state index contributed by atoms with van der Waals surface area (Å²) < 4.78 is 5.85. The second-order valence-corrected chi connectivity index (χ2v) is 9.36. The van der Waals surface area contributed by atoms with Crippen molar-refractivity contribution in [3.63, 3.8) is 0 Å². The van der Waals surface area contributed by atoms with Crippen LogP contribution in [0, 0.1) is 6.92 Å². The predicted octanol–water partition coefficient (Wildman–Crippen LogP) is 6.96. The van der Waals surface area contributed by atoms with Gasteiger partial charge in [-0.3, -0.25) is 4.79 Å². The van der Waals surface area contributed by atoms with E-state index < -0.39 is 0 Å². The predicted molar refractivity (Wildman–Crippen MR) is 147 cm³/mol. The maximum atomic E-state index is 13.0. The van der Waals surface area contributed by atoms with Gasteiger partial charge in [-0.25, -0.2) is 9.97 Å². The monoisotopic (exact) mass is 522 g/mol. The molecule has 186 valence electrons. The van der Waals surface area contributed by atoms with Gasteiger partial charge < -0.3 is 15.4 Å². The van der Waals surface area contributed by atoms with Gasteiger partial charge in [0.25, 0.3) is 5.91 Å². The third-order valence-corrected chi connectivity index (χ3v) is 6.63. The Morgan fingerprint density at radius 1 is 0.972 bits per heavy atom. The Labute approximate surface area is 221 Å². The number of hydrogen-bond donors (Lipinski definition) is 2. The van der Waals surface area contributed by atoms with E-state index in [0.717, 1.165) is 37.0 Å². The maximum absolute atomic E-state index is 13.0. The van der Waals surface area contributed by atoms with Crippen LogP contribution in [-0.2, 0) is 0 Å². The summed E-state index contributed by atoms with van der Waals surface area (Å²) in [5, 5.41) is 8.56. The fourth-order valence-electron chi connectivity index (χ4n) is 4.54. The van der Waals surface area contributed by atoms with E-state index in [2.05, 4.69) is 34.7 Å². The number of carbonyl (C=O) groups is 1. The number of anilines is 1. The van der Waals surface area contributed by atoms with Crippen LogP contribution in [0.25, 0.3) is 10.9 Å². The molecular weight excluding hydrogens is 495 g/mol. The van der Waals surface area contributed by atoms with Crippen LogP contribution in [-0.4, -0.2) is 28.0 Å². The Kier molecular flexibility index (Phi) is 8.28. The number of para-hydroxylation sites is 1. The molecule has 1 amide bonds. The molecule has 1 aliphatic carbocycles. The molecule has 1 fully saturated rings. The lowest BCUT2D eigenvalue weighted by Gasteiger charge is -2.30. The lowest BCUT2D eigenvalue weighted by atomic mass is 9.91. The van der Waals surface area contributed by atoms with Crippen molar-refractivity contribution < 1.29 is 9.53 Å². The molecule has 0 spiro atoms. The maximum Gasteiger partial charge on any atom is 0.257 e. The number of aryl methyl sites for hydroxylation is 1. The summed E-state index contributed by atoms with van der Waals surface area (Å²) in [6, 6.07) is 21.2. The van der Waals surface area contributed by atoms with Gasteiger partial charge in [-0.05, 0) is 86.7 Å². The number of hydrogen-bond acceptors (Lipinski definition) is 5. The number of nitrogens with one attached hydrogen (secondary N) is 2. The summed E-state index contributed by atoms with van der Waals surface area (Å²) in [5.41, 5.74) is 2.63. The van der Waals surface area contributed by atoms with Crippen molar-refractivity contribution in [2.45, 2.75) is 44.7 Å². The average molecular weight is 523 g/mol. The number of carbonyl (C=O) groups excluding carboxylic acids is 1. The first-order valence-electron chi connectivity index (χ1n) is 11.9. The second kappa shape index (κ2) is 11.6. The van der Waals surface area contributed by atoms with Crippen LogP contribution in [0.4, 0.5) is 5.82 Å². The molecule has 1 saturated carbocycles. The van der Waals surface area contributed by atoms with Gasteiger partial charge in [0, 0.05) is 28.7 Å². The molecule has 5 rings (SSSR count). The van der Waals surface area contributed by atoms with Gasteiger partial charge in [0.15, 0.2) is 0 Å². The lowest BCUT2D eigenvalue weighted by molar-refractivity contribution is 0.0923. The minimum Gasteiger partial charge on any atom is -0.438 e. The molecule has 1 aliphatic rings. The van der Waals surface area contributed by atoms with E-state index >= 15 is 0 Å². The van der Waals surface area contributed by atoms with Gasteiger partial charge in [0.2, 0.25) is 5.88 Å². The summed E-state index contributed by atoms with van der Waals surface area (Å²) in [5.74, 6) is 1.59. The van der Waals surface area contributed by atoms with E-state index in [-0.39, 0.29) is 30.2 Å². The largest absolute Gasteiger partial charge is 0.438 e. The molecule has 8 heteroatoms. The molecule has 4 aromatic rings. The van der Waals surface area contributed by atoms with Gasteiger partial charge in [0.1, 0.15) is 17.1 Å². The third-order valence-electron chi connectivity index (χ3n) is 6.38. The molecule has 2 aromatic carbocycles. The van der Waals surface area contributed by atoms with E-state index in [1.807, 2.05) is 18.2 Å². The van der Waals surface area contributed by atoms with E-state index in [1.165, 1.54) is 10.9 Å². The molecule has 0 radical (unpaired) electrons. The second-order valence-electron chi connectivity index (χ2n) is 8.92. The number of amides is 1. The van der Waals surface area contributed by atoms with Crippen molar-refractivity contribution in [3.05, 3.63) is 89.1 Å². The number of pyridine rings is 2.